The first-order valence-electron chi connectivity index (χ1n) is 4.38. The van der Waals surface area contributed by atoms with Gasteiger partial charge >= 0.3 is 0 Å². The van der Waals surface area contributed by atoms with Crippen molar-refractivity contribution < 1.29 is 10.0 Å². The Balaban J connectivity index is 2.45. The number of rotatable bonds is 2. The van der Waals surface area contributed by atoms with E-state index in [9.17, 15) is 4.79 Å². The van der Waals surface area contributed by atoms with E-state index in [1.165, 1.54) is 0 Å². The molecule has 1 heterocycles. The first-order chi connectivity index (χ1) is 6.15. The predicted octanol–water partition coefficient (Wildman–Crippen LogP) is -0.214. The van der Waals surface area contributed by atoms with Crippen LogP contribution in [0.25, 0.3) is 0 Å². The Bertz CT molecular complexity index is 217. The molecule has 13 heavy (non-hydrogen) atoms. The lowest BCUT2D eigenvalue weighted by atomic mass is 10.1. The second-order valence-electron chi connectivity index (χ2n) is 3.28. The Morgan fingerprint density at radius 2 is 2.15 bits per heavy atom. The third kappa shape index (κ3) is 2.42. The van der Waals surface area contributed by atoms with E-state index in [4.69, 9.17) is 10.9 Å². The van der Waals surface area contributed by atoms with Gasteiger partial charge in [-0.15, -0.1) is 0 Å². The van der Waals surface area contributed by atoms with Crippen LogP contribution in [-0.2, 0) is 4.79 Å². The molecule has 3 N–H and O–H groups in total. The highest BCUT2D eigenvalue weighted by Gasteiger charge is 2.22. The van der Waals surface area contributed by atoms with Crippen LogP contribution in [0, 0.1) is 0 Å². The van der Waals surface area contributed by atoms with Crippen LogP contribution >= 0.6 is 0 Å². The number of amides is 1. The zero-order chi connectivity index (χ0) is 9.84. The van der Waals surface area contributed by atoms with Crippen molar-refractivity contribution in [1.82, 2.24) is 4.90 Å². The summed E-state index contributed by atoms with van der Waals surface area (Å²) in [4.78, 5) is 12.8. The Hall–Kier alpha value is -1.10. The third-order valence-corrected chi connectivity index (χ3v) is 2.48. The number of likely N-dealkylation sites (tertiary alicyclic amines) is 1. The molecule has 5 heteroatoms. The second kappa shape index (κ2) is 4.23. The monoisotopic (exact) mass is 185 g/mol. The molecule has 1 saturated heterocycles. The SMILES string of the molecule is CC(C(N)=O)N1CCC(=NO)CC1. The summed E-state index contributed by atoms with van der Waals surface area (Å²) in [5.41, 5.74) is 5.97. The molecular formula is C8H15N3O2. The zero-order valence-corrected chi connectivity index (χ0v) is 7.73. The van der Waals surface area contributed by atoms with E-state index < -0.39 is 0 Å². The highest BCUT2D eigenvalue weighted by atomic mass is 16.4. The van der Waals surface area contributed by atoms with Crippen molar-refractivity contribution >= 4 is 11.6 Å². The van der Waals surface area contributed by atoms with Gasteiger partial charge in [-0.2, -0.15) is 0 Å². The molecule has 0 aliphatic carbocycles. The van der Waals surface area contributed by atoms with Crippen LogP contribution < -0.4 is 5.73 Å². The molecule has 1 aliphatic rings. The van der Waals surface area contributed by atoms with Crippen LogP contribution in [0.15, 0.2) is 5.16 Å². The van der Waals surface area contributed by atoms with Gasteiger partial charge in [-0.05, 0) is 6.92 Å². The number of piperidine rings is 1. The number of nitrogens with zero attached hydrogens (tertiary/aromatic N) is 2. The summed E-state index contributed by atoms with van der Waals surface area (Å²) in [6.07, 6.45) is 1.43. The first kappa shape index (κ1) is 9.98. The van der Waals surface area contributed by atoms with E-state index in [0.717, 1.165) is 18.8 Å². The fourth-order valence-electron chi connectivity index (χ4n) is 1.45. The van der Waals surface area contributed by atoms with E-state index >= 15 is 0 Å². The molecule has 0 aromatic heterocycles. The van der Waals surface area contributed by atoms with Gasteiger partial charge in [-0.3, -0.25) is 9.69 Å². The number of hydrogen-bond acceptors (Lipinski definition) is 4. The molecule has 0 saturated carbocycles. The molecular weight excluding hydrogens is 170 g/mol. The topological polar surface area (TPSA) is 78.9 Å². The van der Waals surface area contributed by atoms with Gasteiger partial charge in [0.1, 0.15) is 0 Å². The smallest absolute Gasteiger partial charge is 0.234 e. The van der Waals surface area contributed by atoms with Crippen LogP contribution in [0.2, 0.25) is 0 Å². The highest BCUT2D eigenvalue weighted by molar-refractivity contribution is 5.85. The van der Waals surface area contributed by atoms with Gasteiger partial charge in [0, 0.05) is 25.9 Å². The highest BCUT2D eigenvalue weighted by Crippen LogP contribution is 2.10. The third-order valence-electron chi connectivity index (χ3n) is 2.48. The zero-order valence-electron chi connectivity index (χ0n) is 7.73. The number of carbonyl (C=O) groups excluding carboxylic acids is 1. The summed E-state index contributed by atoms with van der Waals surface area (Å²) in [6.45, 7) is 3.27. The van der Waals surface area contributed by atoms with Gasteiger partial charge in [-0.1, -0.05) is 5.16 Å². The Morgan fingerprint density at radius 3 is 2.54 bits per heavy atom. The molecule has 74 valence electrons. The number of carbonyl (C=O) groups is 1. The number of nitrogens with two attached hydrogens (primary N) is 1. The summed E-state index contributed by atoms with van der Waals surface area (Å²) in [6, 6.07) is -0.222. The van der Waals surface area contributed by atoms with Crippen molar-refractivity contribution in [2.75, 3.05) is 13.1 Å². The average Bonchev–Trinajstić information content (AvgIpc) is 2.17. The Labute approximate surface area is 77.2 Å². The van der Waals surface area contributed by atoms with Gasteiger partial charge in [0.05, 0.1) is 11.8 Å². The Morgan fingerprint density at radius 1 is 1.62 bits per heavy atom. The normalized spacial score (nSPS) is 21.2. The minimum atomic E-state index is -0.301. The number of hydrogen-bond donors (Lipinski definition) is 2. The van der Waals surface area contributed by atoms with Crippen LogP contribution in [0.1, 0.15) is 19.8 Å². The lowest BCUT2D eigenvalue weighted by molar-refractivity contribution is -0.122. The molecule has 0 aromatic carbocycles. The fourth-order valence-corrected chi connectivity index (χ4v) is 1.45. The number of primary amides is 1. The summed E-state index contributed by atoms with van der Waals surface area (Å²) < 4.78 is 0. The van der Waals surface area contributed by atoms with Crippen molar-refractivity contribution in [2.24, 2.45) is 10.9 Å². The molecule has 0 spiro atoms. The maximum absolute atomic E-state index is 10.9. The van der Waals surface area contributed by atoms with Gasteiger partial charge in [0.15, 0.2) is 0 Å². The van der Waals surface area contributed by atoms with Crippen molar-refractivity contribution in [3.63, 3.8) is 0 Å². The molecule has 1 rings (SSSR count). The minimum absolute atomic E-state index is 0.222. The lowest BCUT2D eigenvalue weighted by Crippen LogP contribution is -2.46. The maximum atomic E-state index is 10.9. The van der Waals surface area contributed by atoms with E-state index in [2.05, 4.69) is 5.16 Å². The predicted molar refractivity (Wildman–Crippen MR) is 48.7 cm³/mol. The average molecular weight is 185 g/mol. The summed E-state index contributed by atoms with van der Waals surface area (Å²) in [5, 5.41) is 11.7. The van der Waals surface area contributed by atoms with E-state index in [1.807, 2.05) is 4.90 Å². The van der Waals surface area contributed by atoms with Crippen molar-refractivity contribution in [1.29, 1.82) is 0 Å². The summed E-state index contributed by atoms with van der Waals surface area (Å²) in [5.74, 6) is -0.301. The van der Waals surface area contributed by atoms with Crippen LogP contribution in [0.4, 0.5) is 0 Å². The minimum Gasteiger partial charge on any atom is -0.411 e. The molecule has 1 fully saturated rings. The molecule has 0 aromatic rings. The molecule has 1 aliphatic heterocycles. The van der Waals surface area contributed by atoms with Crippen LogP contribution in [-0.4, -0.2) is 40.9 Å². The molecule has 1 atom stereocenters. The Kier molecular flexibility index (Phi) is 3.25. The second-order valence-corrected chi connectivity index (χ2v) is 3.28. The fraction of sp³-hybridized carbons (Fsp3) is 0.750. The molecule has 0 radical (unpaired) electrons. The molecule has 1 unspecified atom stereocenters. The van der Waals surface area contributed by atoms with Crippen LogP contribution in [0.5, 0.6) is 0 Å². The van der Waals surface area contributed by atoms with Gasteiger partial charge in [-0.25, -0.2) is 0 Å². The standard InChI is InChI=1S/C8H15N3O2/c1-6(8(9)12)11-4-2-7(10-13)3-5-11/h6,13H,2-5H2,1H3,(H2,9,12). The van der Waals surface area contributed by atoms with E-state index in [0.29, 0.717) is 12.8 Å². The van der Waals surface area contributed by atoms with E-state index in [-0.39, 0.29) is 11.9 Å². The van der Waals surface area contributed by atoms with Crippen molar-refractivity contribution in [3.05, 3.63) is 0 Å². The van der Waals surface area contributed by atoms with Crippen LogP contribution in [0.3, 0.4) is 0 Å². The van der Waals surface area contributed by atoms with Crippen molar-refractivity contribution in [2.45, 2.75) is 25.8 Å². The van der Waals surface area contributed by atoms with Gasteiger partial charge in [0.2, 0.25) is 5.91 Å². The van der Waals surface area contributed by atoms with Gasteiger partial charge < -0.3 is 10.9 Å². The quantitative estimate of drug-likeness (QED) is 0.461. The first-order valence-corrected chi connectivity index (χ1v) is 4.38. The summed E-state index contributed by atoms with van der Waals surface area (Å²) >= 11 is 0. The summed E-state index contributed by atoms with van der Waals surface area (Å²) in [7, 11) is 0. The van der Waals surface area contributed by atoms with Gasteiger partial charge in [0.25, 0.3) is 0 Å². The largest absolute Gasteiger partial charge is 0.411 e. The van der Waals surface area contributed by atoms with E-state index in [1.54, 1.807) is 6.92 Å². The lowest BCUT2D eigenvalue weighted by Gasteiger charge is -2.30. The molecule has 5 nitrogen and oxygen atoms in total. The number of oxime groups is 1. The molecule has 1 amide bonds. The maximum Gasteiger partial charge on any atom is 0.234 e. The molecule has 0 bridgehead atoms. The van der Waals surface area contributed by atoms with Crippen molar-refractivity contribution in [3.8, 4) is 0 Å².